The zero-order valence-electron chi connectivity index (χ0n) is 13.3. The number of carbonyl (C=O) groups excluding carboxylic acids is 1. The van der Waals surface area contributed by atoms with Crippen molar-refractivity contribution >= 4 is 39.2 Å². The molecule has 7 heteroatoms. The predicted octanol–water partition coefficient (Wildman–Crippen LogP) is 4.00. The molecule has 0 spiro atoms. The van der Waals surface area contributed by atoms with Gasteiger partial charge in [-0.1, -0.05) is 29.3 Å². The van der Waals surface area contributed by atoms with Crippen LogP contribution in [0.25, 0.3) is 0 Å². The van der Waals surface area contributed by atoms with E-state index >= 15 is 0 Å². The van der Waals surface area contributed by atoms with E-state index < -0.39 is 15.8 Å². The van der Waals surface area contributed by atoms with E-state index in [1.165, 1.54) is 23.8 Å². The summed E-state index contributed by atoms with van der Waals surface area (Å²) in [5.41, 5.74) is 1.24. The molecule has 0 aliphatic carbocycles. The summed E-state index contributed by atoms with van der Waals surface area (Å²) in [5.74, 6) is -0.0342. The minimum atomic E-state index is -3.41. The number of carbonyl (C=O) groups is 1. The highest BCUT2D eigenvalue weighted by Crippen LogP contribution is 2.22. The van der Waals surface area contributed by atoms with Gasteiger partial charge in [0.15, 0.2) is 9.84 Å². The van der Waals surface area contributed by atoms with E-state index in [4.69, 9.17) is 16.3 Å². The Morgan fingerprint density at radius 3 is 2.46 bits per heavy atom. The number of sulfone groups is 1. The summed E-state index contributed by atoms with van der Waals surface area (Å²) in [6.45, 7) is 2.22. The van der Waals surface area contributed by atoms with Crippen molar-refractivity contribution in [1.29, 1.82) is 0 Å². The monoisotopic (exact) mass is 384 g/mol. The third kappa shape index (κ3) is 5.26. The molecular weight excluding hydrogens is 368 g/mol. The molecule has 0 amide bonds. The molecule has 0 N–H and O–H groups in total. The molecule has 24 heavy (non-hydrogen) atoms. The molecule has 2 aromatic carbocycles. The summed E-state index contributed by atoms with van der Waals surface area (Å²) >= 11 is 7.54. The van der Waals surface area contributed by atoms with Crippen LogP contribution in [0.3, 0.4) is 0 Å². The molecule has 0 saturated carbocycles. The van der Waals surface area contributed by atoms with Crippen LogP contribution in [0, 0.1) is 6.92 Å². The number of halogens is 1. The number of hydrogen-bond donors (Lipinski definition) is 0. The van der Waals surface area contributed by atoms with E-state index in [0.29, 0.717) is 5.75 Å². The molecule has 0 heterocycles. The Labute approximate surface area is 151 Å². The quantitative estimate of drug-likeness (QED) is 0.428. The first kappa shape index (κ1) is 18.8. The fourth-order valence-corrected chi connectivity index (χ4v) is 3.47. The lowest BCUT2D eigenvalue weighted by molar-refractivity contribution is 0.0530. The average Bonchev–Trinajstić information content (AvgIpc) is 2.52. The highest BCUT2D eigenvalue weighted by Gasteiger charge is 2.16. The second-order valence-electron chi connectivity index (χ2n) is 5.21. The number of esters is 1. The van der Waals surface area contributed by atoms with Gasteiger partial charge in [0, 0.05) is 16.9 Å². The van der Waals surface area contributed by atoms with Crippen molar-refractivity contribution in [2.45, 2.75) is 16.7 Å². The molecule has 2 rings (SSSR count). The number of rotatable bonds is 6. The van der Waals surface area contributed by atoms with Gasteiger partial charge in [0.05, 0.1) is 15.5 Å². The van der Waals surface area contributed by atoms with Crippen LogP contribution < -0.4 is 0 Å². The number of benzene rings is 2. The lowest BCUT2D eigenvalue weighted by Crippen LogP contribution is -2.10. The minimum absolute atomic E-state index is 0.0351. The fraction of sp³-hybridized carbons (Fsp3) is 0.235. The molecule has 0 unspecified atom stereocenters. The summed E-state index contributed by atoms with van der Waals surface area (Å²) in [6, 6.07) is 12.0. The van der Waals surface area contributed by atoms with Crippen LogP contribution in [0.2, 0.25) is 5.02 Å². The number of ether oxygens (including phenoxy) is 1. The summed E-state index contributed by atoms with van der Waals surface area (Å²) in [4.78, 5) is 13.2. The predicted molar refractivity (Wildman–Crippen MR) is 96.7 cm³/mol. The third-order valence-corrected chi connectivity index (χ3v) is 5.61. The van der Waals surface area contributed by atoms with Gasteiger partial charge in [0.1, 0.15) is 6.61 Å². The first-order valence-electron chi connectivity index (χ1n) is 7.13. The molecule has 4 nitrogen and oxygen atoms in total. The van der Waals surface area contributed by atoms with Crippen LogP contribution in [0.1, 0.15) is 15.9 Å². The SMILES string of the molecule is Cc1ccc(SCCOC(=O)c2cc(S(C)(=O)=O)ccc2Cl)cc1. The van der Waals surface area contributed by atoms with Gasteiger partial charge >= 0.3 is 5.97 Å². The highest BCUT2D eigenvalue weighted by molar-refractivity contribution is 7.99. The van der Waals surface area contributed by atoms with E-state index in [9.17, 15) is 13.2 Å². The van der Waals surface area contributed by atoms with Gasteiger partial charge in [-0.2, -0.15) is 0 Å². The minimum Gasteiger partial charge on any atom is -0.461 e. The van der Waals surface area contributed by atoms with E-state index in [0.717, 1.165) is 11.2 Å². The number of thioether (sulfide) groups is 1. The maximum Gasteiger partial charge on any atom is 0.339 e. The topological polar surface area (TPSA) is 60.4 Å². The van der Waals surface area contributed by atoms with Gasteiger partial charge in [0.25, 0.3) is 0 Å². The molecule has 0 bridgehead atoms. The Kier molecular flexibility index (Phi) is 6.32. The lowest BCUT2D eigenvalue weighted by Gasteiger charge is -2.08. The average molecular weight is 385 g/mol. The number of hydrogen-bond acceptors (Lipinski definition) is 5. The van der Waals surface area contributed by atoms with E-state index in [2.05, 4.69) is 0 Å². The van der Waals surface area contributed by atoms with Crippen LogP contribution in [-0.4, -0.2) is 33.0 Å². The van der Waals surface area contributed by atoms with E-state index in [1.807, 2.05) is 31.2 Å². The van der Waals surface area contributed by atoms with Crippen LogP contribution in [0.5, 0.6) is 0 Å². The maximum atomic E-state index is 12.1. The maximum absolute atomic E-state index is 12.1. The Balaban J connectivity index is 1.94. The molecule has 0 aliphatic heterocycles. The molecule has 128 valence electrons. The van der Waals surface area contributed by atoms with E-state index in [1.54, 1.807) is 11.8 Å². The van der Waals surface area contributed by atoms with Gasteiger partial charge in [0.2, 0.25) is 0 Å². The van der Waals surface area contributed by atoms with Crippen molar-refractivity contribution in [2.75, 3.05) is 18.6 Å². The fourth-order valence-electron chi connectivity index (χ4n) is 1.90. The summed E-state index contributed by atoms with van der Waals surface area (Å²) in [7, 11) is -3.41. The van der Waals surface area contributed by atoms with Crippen LogP contribution in [0.4, 0.5) is 0 Å². The zero-order valence-corrected chi connectivity index (χ0v) is 15.7. The number of aryl methyl sites for hydroxylation is 1. The summed E-state index contributed by atoms with van der Waals surface area (Å²) in [5, 5.41) is 0.165. The summed E-state index contributed by atoms with van der Waals surface area (Å²) in [6.07, 6.45) is 1.07. The second-order valence-corrected chi connectivity index (χ2v) is 8.80. The smallest absolute Gasteiger partial charge is 0.339 e. The van der Waals surface area contributed by atoms with Crippen molar-refractivity contribution < 1.29 is 17.9 Å². The normalized spacial score (nSPS) is 11.3. The van der Waals surface area contributed by atoms with Crippen molar-refractivity contribution in [3.05, 3.63) is 58.6 Å². The molecule has 0 atom stereocenters. The largest absolute Gasteiger partial charge is 0.461 e. The lowest BCUT2D eigenvalue weighted by atomic mass is 10.2. The molecule has 0 aromatic heterocycles. The van der Waals surface area contributed by atoms with Crippen molar-refractivity contribution in [3.8, 4) is 0 Å². The van der Waals surface area contributed by atoms with Crippen LogP contribution >= 0.6 is 23.4 Å². The van der Waals surface area contributed by atoms with E-state index in [-0.39, 0.29) is 22.1 Å². The third-order valence-electron chi connectivity index (χ3n) is 3.19. The van der Waals surface area contributed by atoms with Crippen molar-refractivity contribution in [2.24, 2.45) is 0 Å². The second kappa shape index (κ2) is 8.05. The van der Waals surface area contributed by atoms with Gasteiger partial charge in [-0.25, -0.2) is 13.2 Å². The van der Waals surface area contributed by atoms with Gasteiger partial charge < -0.3 is 4.74 Å². The Morgan fingerprint density at radius 1 is 1.17 bits per heavy atom. The van der Waals surface area contributed by atoms with Crippen LogP contribution in [-0.2, 0) is 14.6 Å². The van der Waals surface area contributed by atoms with Crippen molar-refractivity contribution in [3.63, 3.8) is 0 Å². The van der Waals surface area contributed by atoms with Crippen LogP contribution in [0.15, 0.2) is 52.3 Å². The van der Waals surface area contributed by atoms with Gasteiger partial charge in [-0.15, -0.1) is 11.8 Å². The molecule has 0 fully saturated rings. The Morgan fingerprint density at radius 2 is 1.83 bits per heavy atom. The Hall–Kier alpha value is -1.50. The highest BCUT2D eigenvalue weighted by atomic mass is 35.5. The molecule has 2 aromatic rings. The standard InChI is InChI=1S/C17H17ClO4S2/c1-12-3-5-13(6-4-12)23-10-9-22-17(19)15-11-14(24(2,20)21)7-8-16(15)18/h3-8,11H,9-10H2,1-2H3. The summed E-state index contributed by atoms with van der Waals surface area (Å²) < 4.78 is 28.3. The molecular formula is C17H17ClO4S2. The first-order chi connectivity index (χ1) is 11.3. The zero-order chi connectivity index (χ0) is 17.7. The van der Waals surface area contributed by atoms with Crippen molar-refractivity contribution in [1.82, 2.24) is 0 Å². The Bertz CT molecular complexity index is 830. The first-order valence-corrected chi connectivity index (χ1v) is 10.4. The van der Waals surface area contributed by atoms with Gasteiger partial charge in [-0.3, -0.25) is 0 Å². The van der Waals surface area contributed by atoms with Gasteiger partial charge in [-0.05, 0) is 37.3 Å². The molecule has 0 radical (unpaired) electrons. The molecule has 0 saturated heterocycles. The molecule has 0 aliphatic rings.